The summed E-state index contributed by atoms with van der Waals surface area (Å²) in [6, 6.07) is -5.18. The number of aliphatic carboxylic acids is 1. The van der Waals surface area contributed by atoms with Crippen molar-refractivity contribution >= 4 is 114 Å². The third-order valence-corrected chi connectivity index (χ3v) is 19.9. The van der Waals surface area contributed by atoms with Crippen LogP contribution < -0.4 is 92.5 Å². The molecule has 2 aromatic carbocycles. The highest BCUT2D eigenvalue weighted by molar-refractivity contribution is 7.80. The van der Waals surface area contributed by atoms with Crippen LogP contribution in [-0.2, 0) is 84.8 Å². The van der Waals surface area contributed by atoms with Gasteiger partial charge in [-0.1, -0.05) is 97.9 Å². The molecule has 15 atom stereocenters. The fraction of sp³-hybridized carbons (Fsp3) is 0.654. The van der Waals surface area contributed by atoms with E-state index in [1.807, 2.05) is 13.8 Å². The van der Waals surface area contributed by atoms with Crippen molar-refractivity contribution in [2.75, 3.05) is 37.7 Å². The SMILES string of the molecule is CC(C)C[C@H](NC(=O)[C@H](CCCCN)NC(=O)[C@H](CS)NC(=O)[C@H](CC(N)=O)NC(=O)[C@H](CCCCN)NC(=O)[C@H](CC(C)C)NC(=O)[C@@H](NC(=O)[C@@H]1CCCN1C(=O)[C@H](CC(C)C)NC(=O)[C@H](Cc1ccccc1)NC(=O)[C@H](Cc1ccc(O)cc1)NC(=O)[C@H](CCCCN)NC(=O)[C@@H](NC(=O)[C@@H](N)CS)[C@@H](C)O)C(C)C)C(=O)O. The topological polar surface area (TPSA) is 594 Å². The number of aliphatic hydroxyl groups excluding tert-OH is 1. The lowest BCUT2D eigenvalue weighted by Crippen LogP contribution is -2.62. The van der Waals surface area contributed by atoms with E-state index in [0.717, 1.165) is 0 Å². The monoisotopic (exact) mass is 1670 g/mol. The van der Waals surface area contributed by atoms with Crippen molar-refractivity contribution in [2.45, 2.75) is 262 Å². The first kappa shape index (κ1) is 101. The molecule has 1 aliphatic rings. The number of phenolic OH excluding ortho intramolecular Hbond substituents is 1. The van der Waals surface area contributed by atoms with Crippen LogP contribution in [0.25, 0.3) is 0 Å². The zero-order chi connectivity index (χ0) is 87.1. The number of nitrogens with one attached hydrogen (secondary N) is 12. The predicted octanol–water partition coefficient (Wildman–Crippen LogP) is -2.31. The molecule has 0 spiro atoms. The van der Waals surface area contributed by atoms with Crippen LogP contribution in [0, 0.1) is 23.7 Å². The second kappa shape index (κ2) is 52.5. The molecule has 36 nitrogen and oxygen atoms in total. The second-order valence-corrected chi connectivity index (χ2v) is 31.8. The summed E-state index contributed by atoms with van der Waals surface area (Å²) in [5.41, 5.74) is 29.7. The molecule has 0 bridgehead atoms. The first-order valence-electron chi connectivity index (χ1n) is 39.8. The van der Waals surface area contributed by atoms with Crippen molar-refractivity contribution in [1.82, 2.24) is 68.7 Å². The number of benzene rings is 2. The maximum atomic E-state index is 15.1. The summed E-state index contributed by atoms with van der Waals surface area (Å²) in [5.74, 6) is -15.4. The zero-order valence-electron chi connectivity index (χ0n) is 68.1. The van der Waals surface area contributed by atoms with E-state index in [-0.39, 0.29) is 125 Å². The van der Waals surface area contributed by atoms with E-state index in [1.54, 1.807) is 71.9 Å². The molecule has 0 aromatic heterocycles. The Morgan fingerprint density at radius 1 is 0.440 bits per heavy atom. The average Bonchev–Trinajstić information content (AvgIpc) is 1.63. The fourth-order valence-corrected chi connectivity index (χ4v) is 13.3. The van der Waals surface area contributed by atoms with E-state index < -0.39 is 192 Å². The molecule has 0 radical (unpaired) electrons. The summed E-state index contributed by atoms with van der Waals surface area (Å²) in [7, 11) is 0. The quantitative estimate of drug-likeness (QED) is 0.0244. The number of carbonyl (C=O) groups is 15. The van der Waals surface area contributed by atoms with Crippen LogP contribution >= 0.6 is 25.3 Å². The molecule has 1 saturated heterocycles. The van der Waals surface area contributed by atoms with E-state index in [1.165, 1.54) is 36.1 Å². The van der Waals surface area contributed by atoms with E-state index >= 15 is 9.59 Å². The first-order valence-corrected chi connectivity index (χ1v) is 41.1. The maximum Gasteiger partial charge on any atom is 0.326 e. The van der Waals surface area contributed by atoms with Crippen LogP contribution in [-0.4, -0.2) is 237 Å². The third-order valence-electron chi connectivity index (χ3n) is 19.2. The number of nitrogens with zero attached hydrogens (tertiary/aromatic N) is 1. The number of amides is 14. The molecule has 25 N–H and O–H groups in total. The van der Waals surface area contributed by atoms with Crippen LogP contribution in [0.3, 0.4) is 0 Å². The first-order chi connectivity index (χ1) is 54.8. The van der Waals surface area contributed by atoms with Crippen molar-refractivity contribution in [2.24, 2.45) is 52.3 Å². The molecule has 116 heavy (non-hydrogen) atoms. The highest BCUT2D eigenvalue weighted by Gasteiger charge is 2.43. The Kier molecular flexibility index (Phi) is 45.7. The molecular formula is C78H128N18O18S2. The number of rotatable bonds is 54. The van der Waals surface area contributed by atoms with Crippen molar-refractivity contribution in [3.63, 3.8) is 0 Å². The summed E-state index contributed by atoms with van der Waals surface area (Å²) in [6.07, 6.45) is -0.0135. The van der Waals surface area contributed by atoms with Crippen molar-refractivity contribution in [1.29, 1.82) is 0 Å². The summed E-state index contributed by atoms with van der Waals surface area (Å²) in [4.78, 5) is 212. The minimum atomic E-state index is -1.76. The fourth-order valence-electron chi connectivity index (χ4n) is 12.9. The third kappa shape index (κ3) is 35.7. The van der Waals surface area contributed by atoms with Crippen LogP contribution in [0.15, 0.2) is 54.6 Å². The highest BCUT2D eigenvalue weighted by atomic mass is 32.1. The average molecular weight is 1670 g/mol. The van der Waals surface area contributed by atoms with Gasteiger partial charge in [-0.2, -0.15) is 25.3 Å². The summed E-state index contributed by atoms with van der Waals surface area (Å²) < 4.78 is 0. The normalized spacial score (nSPS) is 16.3. The lowest BCUT2D eigenvalue weighted by molar-refractivity contribution is -0.143. The molecule has 14 amide bonds. The van der Waals surface area contributed by atoms with Crippen LogP contribution in [0.1, 0.15) is 170 Å². The van der Waals surface area contributed by atoms with Gasteiger partial charge in [-0.15, -0.1) is 0 Å². The Morgan fingerprint density at radius 3 is 1.26 bits per heavy atom. The number of carbonyl (C=O) groups excluding carboxylic acids is 14. The Bertz CT molecular complexity index is 3550. The smallest absolute Gasteiger partial charge is 0.326 e. The Morgan fingerprint density at radius 2 is 0.819 bits per heavy atom. The number of carboxylic acids is 1. The molecule has 1 aliphatic heterocycles. The number of unbranched alkanes of at least 4 members (excludes halogenated alkanes) is 3. The molecule has 0 aliphatic carbocycles. The van der Waals surface area contributed by atoms with E-state index in [4.69, 9.17) is 28.7 Å². The van der Waals surface area contributed by atoms with Gasteiger partial charge in [0.25, 0.3) is 0 Å². The van der Waals surface area contributed by atoms with Gasteiger partial charge in [0.2, 0.25) is 82.7 Å². The van der Waals surface area contributed by atoms with Gasteiger partial charge in [-0.25, -0.2) is 4.79 Å². The molecule has 0 saturated carbocycles. The van der Waals surface area contributed by atoms with E-state index in [2.05, 4.69) is 89.1 Å². The van der Waals surface area contributed by atoms with E-state index in [0.29, 0.717) is 49.7 Å². The number of phenols is 1. The van der Waals surface area contributed by atoms with Gasteiger partial charge in [0, 0.05) is 30.9 Å². The molecule has 38 heteroatoms. The Balaban J connectivity index is 1.95. The van der Waals surface area contributed by atoms with Crippen LogP contribution in [0.2, 0.25) is 0 Å². The number of primary amides is 1. The number of nitrogens with two attached hydrogens (primary N) is 5. The molecule has 1 heterocycles. The highest BCUT2D eigenvalue weighted by Crippen LogP contribution is 2.23. The van der Waals surface area contributed by atoms with E-state index in [9.17, 15) is 77.6 Å². The van der Waals surface area contributed by atoms with Gasteiger partial charge < -0.3 is 113 Å². The number of hydrogen-bond donors (Lipinski definition) is 22. The van der Waals surface area contributed by atoms with Gasteiger partial charge >= 0.3 is 5.97 Å². The number of aliphatic hydroxyl groups is 1. The predicted molar refractivity (Wildman–Crippen MR) is 441 cm³/mol. The van der Waals surface area contributed by atoms with Gasteiger partial charge in [0.1, 0.15) is 84.3 Å². The van der Waals surface area contributed by atoms with Crippen molar-refractivity contribution in [3.8, 4) is 5.75 Å². The van der Waals surface area contributed by atoms with Gasteiger partial charge in [0.15, 0.2) is 0 Å². The molecular weight excluding hydrogens is 1540 g/mol. The molecule has 2 aromatic rings. The number of hydrogen-bond acceptors (Lipinski definition) is 23. The van der Waals surface area contributed by atoms with Crippen molar-refractivity contribution in [3.05, 3.63) is 65.7 Å². The van der Waals surface area contributed by atoms with Crippen molar-refractivity contribution < 1.29 is 87.2 Å². The molecule has 3 rings (SSSR count). The van der Waals surface area contributed by atoms with Gasteiger partial charge in [0.05, 0.1) is 18.6 Å². The lowest BCUT2D eigenvalue weighted by atomic mass is 9.98. The number of thiol groups is 2. The Labute approximate surface area is 690 Å². The lowest BCUT2D eigenvalue weighted by Gasteiger charge is -2.32. The largest absolute Gasteiger partial charge is 0.508 e. The van der Waals surface area contributed by atoms with Crippen LogP contribution in [0.5, 0.6) is 5.75 Å². The Hall–Kier alpha value is -9.21. The minimum Gasteiger partial charge on any atom is -0.508 e. The second-order valence-electron chi connectivity index (χ2n) is 31.0. The minimum absolute atomic E-state index is 0.0101. The summed E-state index contributed by atoms with van der Waals surface area (Å²) in [6.45, 7) is 15.9. The maximum absolute atomic E-state index is 15.1. The van der Waals surface area contributed by atoms with Crippen LogP contribution in [0.4, 0.5) is 0 Å². The number of carboxylic acid groups (broad SMARTS) is 1. The van der Waals surface area contributed by atoms with Gasteiger partial charge in [-0.3, -0.25) is 67.1 Å². The molecule has 0 unspecified atom stereocenters. The number of likely N-dealkylation sites (tertiary alicyclic amines) is 1. The summed E-state index contributed by atoms with van der Waals surface area (Å²) >= 11 is 8.29. The number of aromatic hydroxyl groups is 1. The summed E-state index contributed by atoms with van der Waals surface area (Å²) in [5, 5.41) is 62.1. The van der Waals surface area contributed by atoms with Gasteiger partial charge in [-0.05, 0) is 163 Å². The zero-order valence-corrected chi connectivity index (χ0v) is 69.9. The molecule has 650 valence electrons. The molecule has 1 fully saturated rings. The standard InChI is InChI=1S/C78H128N18O18S2/c1-42(2)34-54(69(104)84-51(22-13-16-30-79)66(101)89-57(39-62(83)99)72(107)93-60(41-116)73(108)85-52(23-14-17-31-80)68(103)92-59(78(113)114)36-44(5)6)90-75(110)63(45(7)8)94-74(109)61-25-19-33-96(61)77(112)58(35-43(3)4)91-71(106)55(37-47-20-11-10-12-21-47)88-70(105)56(38-48-26-28-49(98)29-27-48)87-67(102)53(24-15-18-32-81)86-76(111)64(46(9)97)95-65(100)50(82)40-115/h10-12,20-21,26-29,42-46,50-61,63-64,97-98,115-116H,13-19,22-25,30-41,79-82H2,1-9H3,(H2,83,99)(H,84,104)(H,85,108)(H,86,111)(H,87,102)(H,88,105)(H,89,101)(H,90,110)(H,91,106)(H,92,103)(H,93,107)(H,94,109)(H,95,100)(H,113,114)/t46-,50+,51+,52+,53+,54+,55+,56+,57+,58+,59+,60+,61+,63+,64+/m1/s1.